The Balaban J connectivity index is 2.51. The first-order valence-corrected chi connectivity index (χ1v) is 5.38. The third-order valence-electron chi connectivity index (χ3n) is 3.07. The zero-order chi connectivity index (χ0) is 10.6. The Bertz CT molecular complexity index is 191. The fourth-order valence-electron chi connectivity index (χ4n) is 2.08. The molecule has 0 saturated heterocycles. The van der Waals surface area contributed by atoms with E-state index in [-0.39, 0.29) is 18.0 Å². The van der Waals surface area contributed by atoms with Gasteiger partial charge in [0.25, 0.3) is 0 Å². The van der Waals surface area contributed by atoms with Crippen LogP contribution in [0, 0.1) is 11.8 Å². The van der Waals surface area contributed by atoms with Crippen molar-refractivity contribution < 1.29 is 14.3 Å². The second kappa shape index (κ2) is 5.35. The van der Waals surface area contributed by atoms with Crippen LogP contribution in [0.1, 0.15) is 33.1 Å². The number of esters is 1. The average molecular weight is 200 g/mol. The zero-order valence-corrected chi connectivity index (χ0v) is 9.29. The fraction of sp³-hybridized carbons (Fsp3) is 0.909. The van der Waals surface area contributed by atoms with Gasteiger partial charge in [0.2, 0.25) is 0 Å². The Kier molecular flexibility index (Phi) is 4.39. The topological polar surface area (TPSA) is 35.5 Å². The van der Waals surface area contributed by atoms with E-state index < -0.39 is 0 Å². The second-order valence-electron chi connectivity index (χ2n) is 4.01. The maximum Gasteiger partial charge on any atom is 0.309 e. The van der Waals surface area contributed by atoms with Crippen molar-refractivity contribution >= 4 is 5.97 Å². The summed E-state index contributed by atoms with van der Waals surface area (Å²) in [6.07, 6.45) is 3.17. The predicted molar refractivity (Wildman–Crippen MR) is 53.9 cm³/mol. The molecule has 0 spiro atoms. The molecule has 0 amide bonds. The Morgan fingerprint density at radius 2 is 2.14 bits per heavy atom. The molecule has 1 aliphatic rings. The molecule has 1 aliphatic carbocycles. The van der Waals surface area contributed by atoms with Crippen LogP contribution in [0.5, 0.6) is 0 Å². The van der Waals surface area contributed by atoms with Crippen molar-refractivity contribution in [2.24, 2.45) is 11.8 Å². The summed E-state index contributed by atoms with van der Waals surface area (Å²) < 4.78 is 10.3. The van der Waals surface area contributed by atoms with E-state index in [1.807, 2.05) is 6.92 Å². The second-order valence-corrected chi connectivity index (χ2v) is 4.01. The van der Waals surface area contributed by atoms with Gasteiger partial charge in [0.05, 0.1) is 18.6 Å². The summed E-state index contributed by atoms with van der Waals surface area (Å²) in [5.74, 6) is 0.413. The monoisotopic (exact) mass is 200 g/mol. The molecular weight excluding hydrogens is 180 g/mol. The summed E-state index contributed by atoms with van der Waals surface area (Å²) in [6, 6.07) is 0. The van der Waals surface area contributed by atoms with Crippen LogP contribution in [0.15, 0.2) is 0 Å². The Morgan fingerprint density at radius 3 is 2.71 bits per heavy atom. The minimum Gasteiger partial charge on any atom is -0.466 e. The number of ether oxygens (including phenoxy) is 2. The predicted octanol–water partition coefficient (Wildman–Crippen LogP) is 2.00. The lowest BCUT2D eigenvalue weighted by atomic mass is 9.79. The number of methoxy groups -OCH3 is 1. The lowest BCUT2D eigenvalue weighted by Gasteiger charge is -2.31. The van der Waals surface area contributed by atoms with Gasteiger partial charge in [-0.15, -0.1) is 0 Å². The molecule has 0 unspecified atom stereocenters. The third kappa shape index (κ3) is 2.71. The van der Waals surface area contributed by atoms with Crippen LogP contribution in [0.4, 0.5) is 0 Å². The Hall–Kier alpha value is -0.570. The van der Waals surface area contributed by atoms with E-state index in [9.17, 15) is 4.79 Å². The van der Waals surface area contributed by atoms with Gasteiger partial charge in [-0.25, -0.2) is 0 Å². The number of carbonyl (C=O) groups is 1. The van der Waals surface area contributed by atoms with E-state index in [0.717, 1.165) is 19.3 Å². The van der Waals surface area contributed by atoms with Crippen LogP contribution >= 0.6 is 0 Å². The molecule has 0 radical (unpaired) electrons. The van der Waals surface area contributed by atoms with Crippen LogP contribution < -0.4 is 0 Å². The van der Waals surface area contributed by atoms with Gasteiger partial charge in [-0.2, -0.15) is 0 Å². The molecule has 0 bridgehead atoms. The molecule has 82 valence electrons. The minimum atomic E-state index is -0.0539. The summed E-state index contributed by atoms with van der Waals surface area (Å²) in [6.45, 7) is 4.44. The molecule has 0 heterocycles. The van der Waals surface area contributed by atoms with Gasteiger partial charge in [0, 0.05) is 7.11 Å². The first-order chi connectivity index (χ1) is 6.69. The van der Waals surface area contributed by atoms with Crippen LogP contribution in [0.25, 0.3) is 0 Å². The van der Waals surface area contributed by atoms with E-state index in [1.54, 1.807) is 7.11 Å². The number of carbonyl (C=O) groups excluding carboxylic acids is 1. The average Bonchev–Trinajstić information content (AvgIpc) is 2.19. The van der Waals surface area contributed by atoms with Crippen LogP contribution in [0.2, 0.25) is 0 Å². The molecule has 14 heavy (non-hydrogen) atoms. The van der Waals surface area contributed by atoms with Crippen molar-refractivity contribution in [1.82, 2.24) is 0 Å². The highest BCUT2D eigenvalue weighted by Gasteiger charge is 2.33. The quantitative estimate of drug-likeness (QED) is 0.654. The van der Waals surface area contributed by atoms with Gasteiger partial charge in [0.1, 0.15) is 0 Å². The standard InChI is InChI=1S/C11H20O3/c1-4-14-11(12)10-7-9(13-3)6-5-8(10)2/h8-10H,4-7H2,1-3H3/t8-,9-,10-/m1/s1. The first-order valence-electron chi connectivity index (χ1n) is 5.38. The normalized spacial score (nSPS) is 32.6. The third-order valence-corrected chi connectivity index (χ3v) is 3.07. The molecule has 0 aliphatic heterocycles. The summed E-state index contributed by atoms with van der Waals surface area (Å²) in [5.41, 5.74) is 0. The highest BCUT2D eigenvalue weighted by Crippen LogP contribution is 2.31. The lowest BCUT2D eigenvalue weighted by Crippen LogP contribution is -2.33. The van der Waals surface area contributed by atoms with Crippen molar-refractivity contribution in [3.05, 3.63) is 0 Å². The molecule has 0 aromatic carbocycles. The summed E-state index contributed by atoms with van der Waals surface area (Å²) >= 11 is 0. The van der Waals surface area contributed by atoms with Gasteiger partial charge in [-0.1, -0.05) is 6.92 Å². The molecule has 0 aromatic rings. The molecular formula is C11H20O3. The van der Waals surface area contributed by atoms with Crippen molar-refractivity contribution in [2.75, 3.05) is 13.7 Å². The van der Waals surface area contributed by atoms with Crippen LogP contribution in [-0.2, 0) is 14.3 Å². The van der Waals surface area contributed by atoms with E-state index in [0.29, 0.717) is 12.5 Å². The summed E-state index contributed by atoms with van der Waals surface area (Å²) in [5, 5.41) is 0. The number of hydrogen-bond acceptors (Lipinski definition) is 3. The minimum absolute atomic E-state index is 0.0358. The largest absolute Gasteiger partial charge is 0.466 e. The molecule has 0 aromatic heterocycles. The van der Waals surface area contributed by atoms with Gasteiger partial charge < -0.3 is 9.47 Å². The number of rotatable bonds is 3. The highest BCUT2D eigenvalue weighted by atomic mass is 16.5. The Morgan fingerprint density at radius 1 is 1.43 bits per heavy atom. The molecule has 1 rings (SSSR count). The molecule has 3 heteroatoms. The van der Waals surface area contributed by atoms with Crippen molar-refractivity contribution in [1.29, 1.82) is 0 Å². The van der Waals surface area contributed by atoms with Gasteiger partial charge >= 0.3 is 5.97 Å². The van der Waals surface area contributed by atoms with Gasteiger partial charge in [-0.05, 0) is 32.1 Å². The van der Waals surface area contributed by atoms with Gasteiger partial charge in [-0.3, -0.25) is 4.79 Å². The molecule has 1 fully saturated rings. The molecule has 3 nitrogen and oxygen atoms in total. The Labute approximate surface area is 85.8 Å². The van der Waals surface area contributed by atoms with Crippen LogP contribution in [0.3, 0.4) is 0 Å². The zero-order valence-electron chi connectivity index (χ0n) is 9.29. The SMILES string of the molecule is CCOC(=O)[C@@H]1C[C@H](OC)CC[C@H]1C. The van der Waals surface area contributed by atoms with Crippen molar-refractivity contribution in [3.8, 4) is 0 Å². The van der Waals surface area contributed by atoms with E-state index in [2.05, 4.69) is 6.92 Å². The maximum atomic E-state index is 11.6. The fourth-order valence-corrected chi connectivity index (χ4v) is 2.08. The van der Waals surface area contributed by atoms with Gasteiger partial charge in [0.15, 0.2) is 0 Å². The smallest absolute Gasteiger partial charge is 0.309 e. The summed E-state index contributed by atoms with van der Waals surface area (Å²) in [4.78, 5) is 11.6. The van der Waals surface area contributed by atoms with E-state index >= 15 is 0 Å². The number of hydrogen-bond donors (Lipinski definition) is 0. The molecule has 1 saturated carbocycles. The molecule has 3 atom stereocenters. The lowest BCUT2D eigenvalue weighted by molar-refractivity contribution is -0.153. The highest BCUT2D eigenvalue weighted by molar-refractivity contribution is 5.72. The van der Waals surface area contributed by atoms with E-state index in [1.165, 1.54) is 0 Å². The van der Waals surface area contributed by atoms with Crippen molar-refractivity contribution in [3.63, 3.8) is 0 Å². The van der Waals surface area contributed by atoms with Crippen LogP contribution in [-0.4, -0.2) is 25.8 Å². The summed E-state index contributed by atoms with van der Waals surface area (Å²) in [7, 11) is 1.71. The van der Waals surface area contributed by atoms with Crippen molar-refractivity contribution in [2.45, 2.75) is 39.2 Å². The first kappa shape index (κ1) is 11.5. The van der Waals surface area contributed by atoms with E-state index in [4.69, 9.17) is 9.47 Å². The molecule has 0 N–H and O–H groups in total. The maximum absolute atomic E-state index is 11.6.